The lowest BCUT2D eigenvalue weighted by molar-refractivity contribution is 0.153. The minimum Gasteiger partial charge on any atom is -0.495 e. The van der Waals surface area contributed by atoms with Crippen LogP contribution in [0.2, 0.25) is 0 Å². The fourth-order valence-corrected chi connectivity index (χ4v) is 3.51. The third kappa shape index (κ3) is 4.69. The van der Waals surface area contributed by atoms with E-state index in [0.29, 0.717) is 0 Å². The number of aliphatic imine (C=N–C) groups is 1. The molecule has 0 aliphatic carbocycles. The summed E-state index contributed by atoms with van der Waals surface area (Å²) >= 11 is 0. The van der Waals surface area contributed by atoms with E-state index in [1.165, 1.54) is 11.3 Å². The zero-order valence-electron chi connectivity index (χ0n) is 15.9. The maximum atomic E-state index is 5.50. The highest BCUT2D eigenvalue weighted by molar-refractivity contribution is 5.80. The van der Waals surface area contributed by atoms with Gasteiger partial charge in [0.15, 0.2) is 5.96 Å². The van der Waals surface area contributed by atoms with E-state index in [2.05, 4.69) is 38.3 Å². The molecule has 142 valence electrons. The highest BCUT2D eigenvalue weighted by atomic mass is 16.5. The summed E-state index contributed by atoms with van der Waals surface area (Å²) in [6.07, 6.45) is 4.32. The van der Waals surface area contributed by atoms with Crippen molar-refractivity contribution in [1.29, 1.82) is 0 Å². The number of nitrogens with one attached hydrogen (secondary N) is 1. The Morgan fingerprint density at radius 3 is 2.73 bits per heavy atom. The SMILES string of the molecule is CN=C(NCCC1=CCOCC1)N1CCN(c2ccccc2OC)CC1. The largest absolute Gasteiger partial charge is 0.495 e. The van der Waals surface area contributed by atoms with Gasteiger partial charge in [0.2, 0.25) is 0 Å². The minimum absolute atomic E-state index is 0.759. The first kappa shape index (κ1) is 18.6. The molecule has 2 aliphatic rings. The third-order valence-electron chi connectivity index (χ3n) is 5.00. The van der Waals surface area contributed by atoms with Crippen LogP contribution in [0.3, 0.4) is 0 Å². The summed E-state index contributed by atoms with van der Waals surface area (Å²) in [6, 6.07) is 8.23. The van der Waals surface area contributed by atoms with Crippen LogP contribution in [0.5, 0.6) is 5.75 Å². The number of guanidine groups is 1. The summed E-state index contributed by atoms with van der Waals surface area (Å²) in [6.45, 7) is 6.36. The van der Waals surface area contributed by atoms with Crippen molar-refractivity contribution in [1.82, 2.24) is 10.2 Å². The van der Waals surface area contributed by atoms with Crippen molar-refractivity contribution in [2.24, 2.45) is 4.99 Å². The van der Waals surface area contributed by atoms with Gasteiger partial charge in [-0.3, -0.25) is 4.99 Å². The first-order valence-electron chi connectivity index (χ1n) is 9.41. The average Bonchev–Trinajstić information content (AvgIpc) is 2.72. The quantitative estimate of drug-likeness (QED) is 0.496. The molecule has 0 unspecified atom stereocenters. The average molecular weight is 358 g/mol. The van der Waals surface area contributed by atoms with E-state index in [1.807, 2.05) is 19.2 Å². The van der Waals surface area contributed by atoms with Gasteiger partial charge in [0.25, 0.3) is 0 Å². The summed E-state index contributed by atoms with van der Waals surface area (Å²) in [4.78, 5) is 9.19. The van der Waals surface area contributed by atoms with E-state index in [0.717, 1.165) is 70.5 Å². The van der Waals surface area contributed by atoms with Crippen LogP contribution in [0.4, 0.5) is 5.69 Å². The first-order chi connectivity index (χ1) is 12.8. The molecule has 0 spiro atoms. The number of methoxy groups -OCH3 is 1. The van der Waals surface area contributed by atoms with Gasteiger partial charge in [-0.25, -0.2) is 0 Å². The molecule has 1 aromatic carbocycles. The molecule has 0 aromatic heterocycles. The van der Waals surface area contributed by atoms with Crippen LogP contribution in [0, 0.1) is 0 Å². The maximum absolute atomic E-state index is 5.50. The van der Waals surface area contributed by atoms with E-state index in [9.17, 15) is 0 Å². The molecule has 1 fully saturated rings. The number of piperazine rings is 1. The Morgan fingerprint density at radius 2 is 2.04 bits per heavy atom. The first-order valence-corrected chi connectivity index (χ1v) is 9.41. The fourth-order valence-electron chi connectivity index (χ4n) is 3.51. The Balaban J connectivity index is 1.49. The Morgan fingerprint density at radius 1 is 1.23 bits per heavy atom. The standard InChI is InChI=1S/C20H30N4O2/c1-21-20(22-10-7-17-8-15-26-16-9-17)24-13-11-23(12-14-24)18-5-3-4-6-19(18)25-2/h3-6,8H,7,9-16H2,1-2H3,(H,21,22). The van der Waals surface area contributed by atoms with Crippen LogP contribution >= 0.6 is 0 Å². The van der Waals surface area contributed by atoms with Crippen molar-refractivity contribution in [3.63, 3.8) is 0 Å². The van der Waals surface area contributed by atoms with Gasteiger partial charge in [-0.15, -0.1) is 0 Å². The lowest BCUT2D eigenvalue weighted by Crippen LogP contribution is -2.52. The number of anilines is 1. The Kier molecular flexibility index (Phi) is 6.77. The van der Waals surface area contributed by atoms with Crippen molar-refractivity contribution in [2.45, 2.75) is 12.8 Å². The second-order valence-electron chi connectivity index (χ2n) is 6.56. The van der Waals surface area contributed by atoms with Gasteiger partial charge < -0.3 is 24.6 Å². The number of para-hydroxylation sites is 2. The molecule has 0 atom stereocenters. The molecule has 6 heteroatoms. The molecular weight excluding hydrogens is 328 g/mol. The van der Waals surface area contributed by atoms with Gasteiger partial charge in [-0.1, -0.05) is 23.8 Å². The summed E-state index contributed by atoms with van der Waals surface area (Å²) < 4.78 is 10.9. The molecule has 2 heterocycles. The number of nitrogens with zero attached hydrogens (tertiary/aromatic N) is 3. The lowest BCUT2D eigenvalue weighted by atomic mass is 10.1. The van der Waals surface area contributed by atoms with Crippen LogP contribution in [0.15, 0.2) is 40.9 Å². The van der Waals surface area contributed by atoms with Gasteiger partial charge in [0.05, 0.1) is 26.0 Å². The Labute approximate surface area is 156 Å². The molecule has 1 aromatic rings. The summed E-state index contributed by atoms with van der Waals surface area (Å²) in [7, 11) is 3.59. The predicted octanol–water partition coefficient (Wildman–Crippen LogP) is 2.13. The van der Waals surface area contributed by atoms with Crippen molar-refractivity contribution in [3.8, 4) is 5.75 Å². The molecule has 3 rings (SSSR count). The van der Waals surface area contributed by atoms with Gasteiger partial charge in [-0.05, 0) is 25.0 Å². The summed E-state index contributed by atoms with van der Waals surface area (Å²) in [5.41, 5.74) is 2.66. The zero-order valence-corrected chi connectivity index (χ0v) is 15.9. The van der Waals surface area contributed by atoms with Crippen molar-refractivity contribution in [2.75, 3.05) is 65.0 Å². The topological polar surface area (TPSA) is 49.3 Å². The van der Waals surface area contributed by atoms with Gasteiger partial charge in [0.1, 0.15) is 5.75 Å². The maximum Gasteiger partial charge on any atom is 0.193 e. The summed E-state index contributed by atoms with van der Waals surface area (Å²) in [5.74, 6) is 1.94. The number of ether oxygens (including phenoxy) is 2. The third-order valence-corrected chi connectivity index (χ3v) is 5.00. The number of benzene rings is 1. The van der Waals surface area contributed by atoms with Crippen LogP contribution in [-0.2, 0) is 4.74 Å². The Hall–Kier alpha value is -2.21. The van der Waals surface area contributed by atoms with Crippen LogP contribution in [-0.4, -0.2) is 71.0 Å². The molecule has 1 saturated heterocycles. The molecule has 0 saturated carbocycles. The predicted molar refractivity (Wildman–Crippen MR) is 106 cm³/mol. The Bertz CT molecular complexity index is 636. The minimum atomic E-state index is 0.759. The fraction of sp³-hybridized carbons (Fsp3) is 0.550. The van der Waals surface area contributed by atoms with Crippen molar-refractivity contribution in [3.05, 3.63) is 35.9 Å². The molecule has 26 heavy (non-hydrogen) atoms. The van der Waals surface area contributed by atoms with Gasteiger partial charge >= 0.3 is 0 Å². The molecule has 2 aliphatic heterocycles. The highest BCUT2D eigenvalue weighted by Crippen LogP contribution is 2.28. The molecule has 0 amide bonds. The monoisotopic (exact) mass is 358 g/mol. The van der Waals surface area contributed by atoms with Crippen molar-refractivity contribution < 1.29 is 9.47 Å². The molecular formula is C20H30N4O2. The van der Waals surface area contributed by atoms with E-state index >= 15 is 0 Å². The van der Waals surface area contributed by atoms with E-state index in [1.54, 1.807) is 7.11 Å². The van der Waals surface area contributed by atoms with Crippen molar-refractivity contribution >= 4 is 11.6 Å². The van der Waals surface area contributed by atoms with Gasteiger partial charge in [0, 0.05) is 39.8 Å². The van der Waals surface area contributed by atoms with Crippen LogP contribution < -0.4 is 15.0 Å². The van der Waals surface area contributed by atoms with E-state index in [-0.39, 0.29) is 0 Å². The number of hydrogen-bond donors (Lipinski definition) is 1. The lowest BCUT2D eigenvalue weighted by Gasteiger charge is -2.38. The molecule has 0 radical (unpaired) electrons. The molecule has 1 N–H and O–H groups in total. The van der Waals surface area contributed by atoms with Gasteiger partial charge in [-0.2, -0.15) is 0 Å². The number of hydrogen-bond acceptors (Lipinski definition) is 4. The smallest absolute Gasteiger partial charge is 0.193 e. The van der Waals surface area contributed by atoms with Crippen LogP contribution in [0.1, 0.15) is 12.8 Å². The highest BCUT2D eigenvalue weighted by Gasteiger charge is 2.21. The van der Waals surface area contributed by atoms with E-state index in [4.69, 9.17) is 9.47 Å². The molecule has 6 nitrogen and oxygen atoms in total. The number of rotatable bonds is 5. The normalized spacial score (nSPS) is 18.5. The van der Waals surface area contributed by atoms with Crippen LogP contribution in [0.25, 0.3) is 0 Å². The second-order valence-corrected chi connectivity index (χ2v) is 6.56. The molecule has 0 bridgehead atoms. The zero-order chi connectivity index (χ0) is 18.2. The summed E-state index contributed by atoms with van der Waals surface area (Å²) in [5, 5.41) is 3.51. The second kappa shape index (κ2) is 9.48. The van der Waals surface area contributed by atoms with E-state index < -0.39 is 0 Å².